The number of hydrogen-bond acceptors (Lipinski definition) is 4. The third-order valence-electron chi connectivity index (χ3n) is 4.90. The number of methoxy groups -OCH3 is 1. The Balaban J connectivity index is 1.90. The van der Waals surface area contributed by atoms with Crippen LogP contribution in [-0.4, -0.2) is 24.1 Å². The highest BCUT2D eigenvalue weighted by molar-refractivity contribution is 6.33. The maximum absolute atomic E-state index is 14.2. The number of rotatable bonds is 3. The van der Waals surface area contributed by atoms with Crippen LogP contribution >= 0.6 is 23.2 Å². The second kappa shape index (κ2) is 6.20. The van der Waals surface area contributed by atoms with E-state index >= 15 is 0 Å². The molecule has 0 amide bonds. The number of nitrogens with zero attached hydrogens (tertiary/aromatic N) is 1. The van der Waals surface area contributed by atoms with E-state index < -0.39 is 5.82 Å². The van der Waals surface area contributed by atoms with Crippen LogP contribution in [0, 0.1) is 23.6 Å². The zero-order valence-electron chi connectivity index (χ0n) is 12.1. The van der Waals surface area contributed by atoms with Gasteiger partial charge in [-0.2, -0.15) is 0 Å². The van der Waals surface area contributed by atoms with E-state index in [-0.39, 0.29) is 39.8 Å². The fraction of sp³-hybridized carbons (Fsp3) is 0.600. The quantitative estimate of drug-likeness (QED) is 0.665. The summed E-state index contributed by atoms with van der Waals surface area (Å²) in [5, 5.41) is 2.99. The van der Waals surface area contributed by atoms with Crippen LogP contribution in [0.25, 0.3) is 0 Å². The fourth-order valence-corrected chi connectivity index (χ4v) is 4.32. The van der Waals surface area contributed by atoms with Crippen LogP contribution < -0.4 is 5.32 Å². The van der Waals surface area contributed by atoms with Gasteiger partial charge in [0, 0.05) is 12.1 Å². The number of ether oxygens (including phenoxy) is 1. The molecule has 0 aromatic carbocycles. The molecule has 2 bridgehead atoms. The maximum atomic E-state index is 14.2. The summed E-state index contributed by atoms with van der Waals surface area (Å²) >= 11 is 11.6. The van der Waals surface area contributed by atoms with Crippen molar-refractivity contribution in [3.8, 4) is 0 Å². The Morgan fingerprint density at radius 2 is 1.95 bits per heavy atom. The van der Waals surface area contributed by atoms with Gasteiger partial charge in [-0.05, 0) is 37.5 Å². The highest BCUT2D eigenvalue weighted by Crippen LogP contribution is 2.47. The highest BCUT2D eigenvalue weighted by atomic mass is 35.5. The van der Waals surface area contributed by atoms with E-state index in [9.17, 15) is 9.18 Å². The van der Waals surface area contributed by atoms with Gasteiger partial charge < -0.3 is 10.1 Å². The van der Waals surface area contributed by atoms with E-state index in [4.69, 9.17) is 27.9 Å². The lowest BCUT2D eigenvalue weighted by Crippen LogP contribution is -2.51. The fourth-order valence-electron chi connectivity index (χ4n) is 3.89. The molecule has 4 nitrogen and oxygen atoms in total. The van der Waals surface area contributed by atoms with E-state index in [0.717, 1.165) is 25.7 Å². The SMILES string of the molecule is COC(=O)C1C2CCC(CC2)C1Nc1cc(Cl)nc(Cl)c1F. The molecule has 1 aromatic rings. The molecule has 22 heavy (non-hydrogen) atoms. The second-order valence-electron chi connectivity index (χ2n) is 5.99. The van der Waals surface area contributed by atoms with Gasteiger partial charge in [-0.1, -0.05) is 23.2 Å². The van der Waals surface area contributed by atoms with Crippen LogP contribution in [0.4, 0.5) is 10.1 Å². The second-order valence-corrected chi connectivity index (χ2v) is 6.74. The topological polar surface area (TPSA) is 51.2 Å². The number of carbonyl (C=O) groups excluding carboxylic acids is 1. The predicted molar refractivity (Wildman–Crippen MR) is 82.6 cm³/mol. The minimum absolute atomic E-state index is 0.115. The lowest BCUT2D eigenvalue weighted by atomic mass is 9.61. The summed E-state index contributed by atoms with van der Waals surface area (Å²) in [7, 11) is 1.39. The van der Waals surface area contributed by atoms with Gasteiger partial charge in [0.05, 0.1) is 18.7 Å². The largest absolute Gasteiger partial charge is 0.469 e. The normalized spacial score (nSPS) is 30.2. The zero-order valence-corrected chi connectivity index (χ0v) is 13.6. The molecule has 1 N–H and O–H groups in total. The Morgan fingerprint density at radius 1 is 1.32 bits per heavy atom. The molecule has 0 spiro atoms. The lowest BCUT2D eigenvalue weighted by molar-refractivity contribution is -0.152. The van der Waals surface area contributed by atoms with Crippen molar-refractivity contribution in [2.45, 2.75) is 31.7 Å². The molecule has 120 valence electrons. The molecule has 1 aromatic heterocycles. The van der Waals surface area contributed by atoms with E-state index in [2.05, 4.69) is 10.3 Å². The first kappa shape index (κ1) is 15.8. The van der Waals surface area contributed by atoms with E-state index in [0.29, 0.717) is 5.92 Å². The van der Waals surface area contributed by atoms with E-state index in [1.165, 1.54) is 13.2 Å². The Labute approximate surface area is 138 Å². The molecule has 0 aliphatic heterocycles. The number of pyridine rings is 1. The van der Waals surface area contributed by atoms with Crippen molar-refractivity contribution in [3.63, 3.8) is 0 Å². The number of esters is 1. The molecule has 2 unspecified atom stereocenters. The Kier molecular flexibility index (Phi) is 4.46. The molecule has 0 radical (unpaired) electrons. The van der Waals surface area contributed by atoms with Crippen LogP contribution in [0.15, 0.2) is 6.07 Å². The van der Waals surface area contributed by atoms with Crippen LogP contribution in [0.1, 0.15) is 25.7 Å². The molecule has 2 atom stereocenters. The van der Waals surface area contributed by atoms with E-state index in [1.807, 2.05) is 0 Å². The minimum atomic E-state index is -0.642. The minimum Gasteiger partial charge on any atom is -0.469 e. The smallest absolute Gasteiger partial charge is 0.311 e. The molecule has 3 fully saturated rings. The van der Waals surface area contributed by atoms with Gasteiger partial charge in [0.25, 0.3) is 0 Å². The Morgan fingerprint density at radius 3 is 2.59 bits per heavy atom. The first-order chi connectivity index (χ1) is 10.5. The Hall–Kier alpha value is -1.07. The standard InChI is InChI=1S/C15H17Cl2FN2O2/c1-22-15(21)11-7-2-4-8(5-3-7)13(11)19-9-6-10(16)20-14(17)12(9)18/h6-8,11,13H,2-5H2,1H3,(H,19,20). The molecule has 3 saturated carbocycles. The van der Waals surface area contributed by atoms with Crippen molar-refractivity contribution in [2.75, 3.05) is 12.4 Å². The summed E-state index contributed by atoms with van der Waals surface area (Å²) in [6.07, 6.45) is 4.10. The number of hydrogen-bond donors (Lipinski definition) is 1. The predicted octanol–water partition coefficient (Wildman–Crippen LogP) is 3.92. The average molecular weight is 347 g/mol. The Bertz CT molecular complexity index is 591. The van der Waals surface area contributed by atoms with Crippen molar-refractivity contribution < 1.29 is 13.9 Å². The molecule has 3 aliphatic rings. The van der Waals surface area contributed by atoms with Crippen molar-refractivity contribution >= 4 is 34.9 Å². The summed E-state index contributed by atoms with van der Waals surface area (Å²) in [5.74, 6) is -0.540. The van der Waals surface area contributed by atoms with Crippen molar-refractivity contribution in [1.82, 2.24) is 4.98 Å². The number of aromatic nitrogens is 1. The highest BCUT2D eigenvalue weighted by Gasteiger charge is 2.48. The first-order valence-electron chi connectivity index (χ1n) is 7.37. The van der Waals surface area contributed by atoms with Gasteiger partial charge in [-0.25, -0.2) is 9.37 Å². The molecular formula is C15H17Cl2FN2O2. The molecular weight excluding hydrogens is 330 g/mol. The van der Waals surface area contributed by atoms with Crippen molar-refractivity contribution in [2.24, 2.45) is 17.8 Å². The van der Waals surface area contributed by atoms with Crippen LogP contribution in [0.2, 0.25) is 10.3 Å². The first-order valence-corrected chi connectivity index (χ1v) is 8.12. The monoisotopic (exact) mass is 346 g/mol. The molecule has 1 heterocycles. The number of fused-ring (bicyclic) bond motifs is 3. The zero-order chi connectivity index (χ0) is 15.9. The third-order valence-corrected chi connectivity index (χ3v) is 5.34. The average Bonchev–Trinajstić information content (AvgIpc) is 2.52. The van der Waals surface area contributed by atoms with Gasteiger partial charge in [-0.3, -0.25) is 4.79 Å². The number of halogens is 3. The number of nitrogens with one attached hydrogen (secondary N) is 1. The van der Waals surface area contributed by atoms with Gasteiger partial charge >= 0.3 is 5.97 Å². The van der Waals surface area contributed by atoms with Gasteiger partial charge in [-0.15, -0.1) is 0 Å². The summed E-state index contributed by atoms with van der Waals surface area (Å²) in [6.45, 7) is 0. The summed E-state index contributed by atoms with van der Waals surface area (Å²) < 4.78 is 19.1. The summed E-state index contributed by atoms with van der Waals surface area (Å²) in [6, 6.07) is 1.24. The molecule has 4 rings (SSSR count). The van der Waals surface area contributed by atoms with Crippen LogP contribution in [0.3, 0.4) is 0 Å². The number of carbonyl (C=O) groups is 1. The molecule has 7 heteroatoms. The van der Waals surface area contributed by atoms with Gasteiger partial charge in [0.2, 0.25) is 0 Å². The van der Waals surface area contributed by atoms with Crippen molar-refractivity contribution in [3.05, 3.63) is 22.2 Å². The molecule has 0 saturated heterocycles. The third kappa shape index (κ3) is 2.76. The lowest BCUT2D eigenvalue weighted by Gasteiger charge is -2.47. The van der Waals surface area contributed by atoms with Crippen molar-refractivity contribution in [1.29, 1.82) is 0 Å². The maximum Gasteiger partial charge on any atom is 0.311 e. The van der Waals surface area contributed by atoms with Crippen LogP contribution in [0.5, 0.6) is 0 Å². The van der Waals surface area contributed by atoms with Gasteiger partial charge in [0.15, 0.2) is 11.0 Å². The molecule has 3 aliphatic carbocycles. The van der Waals surface area contributed by atoms with Gasteiger partial charge in [0.1, 0.15) is 5.15 Å². The van der Waals surface area contributed by atoms with Crippen LogP contribution in [-0.2, 0) is 9.53 Å². The van der Waals surface area contributed by atoms with E-state index in [1.54, 1.807) is 0 Å². The summed E-state index contributed by atoms with van der Waals surface area (Å²) in [5.41, 5.74) is 0.191. The summed E-state index contributed by atoms with van der Waals surface area (Å²) in [4.78, 5) is 15.8. The number of anilines is 1.